The second-order valence-corrected chi connectivity index (χ2v) is 5.85. The number of pyridine rings is 1. The molecule has 0 saturated heterocycles. The Hall–Kier alpha value is -3.55. The van der Waals surface area contributed by atoms with Gasteiger partial charge in [0.05, 0.1) is 16.2 Å². The molecule has 1 aromatic carbocycles. The Kier molecular flexibility index (Phi) is 4.49. The second-order valence-electron chi connectivity index (χ2n) is 5.85. The number of benzene rings is 1. The van der Waals surface area contributed by atoms with Crippen LogP contribution >= 0.6 is 0 Å². The Labute approximate surface area is 147 Å². The van der Waals surface area contributed by atoms with Crippen molar-refractivity contribution in [3.05, 3.63) is 85.4 Å². The van der Waals surface area contributed by atoms with Crippen LogP contribution in [0.1, 0.15) is 27.2 Å². The number of carbonyl (C=O) groups is 1. The van der Waals surface area contributed by atoms with Crippen LogP contribution in [-0.4, -0.2) is 20.3 Å². The summed E-state index contributed by atoms with van der Waals surface area (Å²) < 4.78 is 6.59. The summed E-state index contributed by atoms with van der Waals surface area (Å²) in [5, 5.41) is 10.8. The average Bonchev–Trinajstić information content (AvgIpc) is 2.60. The molecule has 26 heavy (non-hydrogen) atoms. The lowest BCUT2D eigenvalue weighted by Gasteiger charge is -2.07. The summed E-state index contributed by atoms with van der Waals surface area (Å²) in [6.45, 7) is 3.24. The minimum atomic E-state index is -0.645. The first-order chi connectivity index (χ1) is 12.3. The summed E-state index contributed by atoms with van der Waals surface area (Å²) in [6, 6.07) is 8.83. The quantitative estimate of drug-likeness (QED) is 0.406. The molecule has 0 amide bonds. The molecule has 0 aliphatic carbocycles. The number of fused-ring (bicyclic) bond motifs is 1. The number of nitrogens with zero attached hydrogens (tertiary/aromatic N) is 3. The summed E-state index contributed by atoms with van der Waals surface area (Å²) in [5.41, 5.74) is 1.93. The number of nitro groups is 1. The van der Waals surface area contributed by atoms with E-state index in [9.17, 15) is 19.7 Å². The molecular weight excluding hydrogens is 338 g/mol. The van der Waals surface area contributed by atoms with Gasteiger partial charge in [0.25, 0.3) is 11.2 Å². The van der Waals surface area contributed by atoms with Crippen LogP contribution in [0.4, 0.5) is 5.69 Å². The van der Waals surface area contributed by atoms with E-state index in [1.54, 1.807) is 19.2 Å². The third kappa shape index (κ3) is 3.44. The number of esters is 1. The van der Waals surface area contributed by atoms with E-state index >= 15 is 0 Å². The van der Waals surface area contributed by atoms with Crippen molar-refractivity contribution in [2.24, 2.45) is 0 Å². The van der Waals surface area contributed by atoms with Crippen molar-refractivity contribution in [2.45, 2.75) is 20.5 Å². The SMILES string of the molecule is Cc1ccc2nc(COC(=O)c3ccc([N+](=O)[O-])c(C)c3)cc(=O)n2c1. The highest BCUT2D eigenvalue weighted by Crippen LogP contribution is 2.19. The zero-order valence-electron chi connectivity index (χ0n) is 14.1. The summed E-state index contributed by atoms with van der Waals surface area (Å²) in [6.07, 6.45) is 1.68. The van der Waals surface area contributed by atoms with Gasteiger partial charge >= 0.3 is 5.97 Å². The number of nitro benzene ring substituents is 1. The van der Waals surface area contributed by atoms with Crippen LogP contribution in [-0.2, 0) is 11.3 Å². The van der Waals surface area contributed by atoms with Gasteiger partial charge in [0, 0.05) is 23.9 Å². The van der Waals surface area contributed by atoms with Crippen molar-refractivity contribution in [3.8, 4) is 0 Å². The fourth-order valence-electron chi connectivity index (χ4n) is 2.54. The first-order valence-corrected chi connectivity index (χ1v) is 7.76. The summed E-state index contributed by atoms with van der Waals surface area (Å²) >= 11 is 0. The molecule has 8 heteroatoms. The molecule has 0 radical (unpaired) electrons. The van der Waals surface area contributed by atoms with E-state index in [1.165, 1.54) is 28.7 Å². The molecular formula is C18H15N3O5. The molecule has 0 atom stereocenters. The topological polar surface area (TPSA) is 104 Å². The first-order valence-electron chi connectivity index (χ1n) is 7.76. The molecule has 0 N–H and O–H groups in total. The van der Waals surface area contributed by atoms with Crippen molar-refractivity contribution in [2.75, 3.05) is 0 Å². The maximum Gasteiger partial charge on any atom is 0.338 e. The molecule has 8 nitrogen and oxygen atoms in total. The van der Waals surface area contributed by atoms with Crippen LogP contribution in [0.15, 0.2) is 47.4 Å². The highest BCUT2D eigenvalue weighted by Gasteiger charge is 2.15. The van der Waals surface area contributed by atoms with E-state index in [-0.39, 0.29) is 23.4 Å². The fourth-order valence-corrected chi connectivity index (χ4v) is 2.54. The van der Waals surface area contributed by atoms with Crippen LogP contribution in [0, 0.1) is 24.0 Å². The molecule has 0 spiro atoms. The van der Waals surface area contributed by atoms with E-state index in [1.807, 2.05) is 13.0 Å². The number of hydrogen-bond donors (Lipinski definition) is 0. The normalized spacial score (nSPS) is 10.7. The van der Waals surface area contributed by atoms with Gasteiger partial charge in [0.15, 0.2) is 0 Å². The Balaban J connectivity index is 1.78. The van der Waals surface area contributed by atoms with E-state index in [4.69, 9.17) is 4.74 Å². The van der Waals surface area contributed by atoms with Crippen LogP contribution in [0.5, 0.6) is 0 Å². The van der Waals surface area contributed by atoms with Gasteiger partial charge in [0.2, 0.25) is 0 Å². The van der Waals surface area contributed by atoms with Crippen molar-refractivity contribution in [1.82, 2.24) is 9.38 Å². The van der Waals surface area contributed by atoms with E-state index in [2.05, 4.69) is 4.98 Å². The smallest absolute Gasteiger partial charge is 0.338 e. The molecule has 132 valence electrons. The molecule has 0 bridgehead atoms. The maximum atomic E-state index is 12.1. The molecule has 0 fully saturated rings. The van der Waals surface area contributed by atoms with Crippen LogP contribution in [0.3, 0.4) is 0 Å². The number of aromatic nitrogens is 2. The van der Waals surface area contributed by atoms with Gasteiger partial charge in [-0.25, -0.2) is 9.78 Å². The van der Waals surface area contributed by atoms with Gasteiger partial charge < -0.3 is 4.74 Å². The van der Waals surface area contributed by atoms with Crippen molar-refractivity contribution < 1.29 is 14.5 Å². The Bertz CT molecular complexity index is 1090. The summed E-state index contributed by atoms with van der Waals surface area (Å²) in [5.74, 6) is -0.645. The van der Waals surface area contributed by atoms with Crippen molar-refractivity contribution >= 4 is 17.3 Å². The van der Waals surface area contributed by atoms with Crippen molar-refractivity contribution in [3.63, 3.8) is 0 Å². The van der Waals surface area contributed by atoms with E-state index < -0.39 is 10.9 Å². The van der Waals surface area contributed by atoms with Gasteiger partial charge in [0.1, 0.15) is 12.3 Å². The Morgan fingerprint density at radius 2 is 2.00 bits per heavy atom. The molecule has 3 aromatic rings. The van der Waals surface area contributed by atoms with Gasteiger partial charge in [-0.3, -0.25) is 19.3 Å². The highest BCUT2D eigenvalue weighted by atomic mass is 16.6. The number of carbonyl (C=O) groups excluding carboxylic acids is 1. The third-order valence-corrected chi connectivity index (χ3v) is 3.84. The molecule has 2 heterocycles. The Morgan fingerprint density at radius 3 is 2.69 bits per heavy atom. The predicted octanol–water partition coefficient (Wildman–Crippen LogP) is 2.58. The minimum Gasteiger partial charge on any atom is -0.456 e. The fraction of sp³-hybridized carbons (Fsp3) is 0.167. The van der Waals surface area contributed by atoms with Crippen LogP contribution in [0.2, 0.25) is 0 Å². The van der Waals surface area contributed by atoms with Gasteiger partial charge in [-0.05, 0) is 37.6 Å². The molecule has 0 saturated carbocycles. The summed E-state index contributed by atoms with van der Waals surface area (Å²) in [7, 11) is 0. The second kappa shape index (κ2) is 6.75. The van der Waals surface area contributed by atoms with Crippen LogP contribution in [0.25, 0.3) is 5.65 Å². The monoisotopic (exact) mass is 353 g/mol. The summed E-state index contributed by atoms with van der Waals surface area (Å²) in [4.78, 5) is 38.9. The molecule has 2 aromatic heterocycles. The number of rotatable bonds is 4. The lowest BCUT2D eigenvalue weighted by atomic mass is 10.1. The standard InChI is InChI=1S/C18H15N3O5/c1-11-3-6-16-19-14(8-17(22)20(16)9-11)10-26-18(23)13-4-5-15(21(24)25)12(2)7-13/h3-9H,10H2,1-2H3. The number of aryl methyl sites for hydroxylation is 2. The lowest BCUT2D eigenvalue weighted by Crippen LogP contribution is -2.17. The van der Waals surface area contributed by atoms with Crippen LogP contribution < -0.4 is 5.56 Å². The lowest BCUT2D eigenvalue weighted by molar-refractivity contribution is -0.385. The minimum absolute atomic E-state index is 0.0685. The molecule has 3 rings (SSSR count). The molecule has 0 aliphatic rings. The van der Waals surface area contributed by atoms with Gasteiger partial charge in [-0.1, -0.05) is 6.07 Å². The van der Waals surface area contributed by atoms with Gasteiger partial charge in [-0.2, -0.15) is 0 Å². The van der Waals surface area contributed by atoms with Gasteiger partial charge in [-0.15, -0.1) is 0 Å². The molecule has 0 unspecified atom stereocenters. The van der Waals surface area contributed by atoms with E-state index in [0.717, 1.165) is 5.56 Å². The third-order valence-electron chi connectivity index (χ3n) is 3.84. The Morgan fingerprint density at radius 1 is 1.23 bits per heavy atom. The zero-order chi connectivity index (χ0) is 18.8. The van der Waals surface area contributed by atoms with E-state index in [0.29, 0.717) is 16.9 Å². The van der Waals surface area contributed by atoms with Crippen molar-refractivity contribution in [1.29, 1.82) is 0 Å². The first kappa shape index (κ1) is 17.3. The molecule has 0 aliphatic heterocycles. The zero-order valence-corrected chi connectivity index (χ0v) is 14.1. The highest BCUT2D eigenvalue weighted by molar-refractivity contribution is 5.90. The number of hydrogen-bond acceptors (Lipinski definition) is 6. The average molecular weight is 353 g/mol. The number of ether oxygens (including phenoxy) is 1. The predicted molar refractivity (Wildman–Crippen MR) is 93.2 cm³/mol. The maximum absolute atomic E-state index is 12.1. The largest absolute Gasteiger partial charge is 0.456 e.